The van der Waals surface area contributed by atoms with Crippen molar-refractivity contribution in [1.29, 1.82) is 0 Å². The number of halogens is 2. The fourth-order valence-electron chi connectivity index (χ4n) is 0.289. The Labute approximate surface area is 69.7 Å². The molecule has 4 nitrogen and oxygen atoms in total. The maximum atomic E-state index is 10.3. The van der Waals surface area contributed by atoms with Crippen LogP contribution in [0.25, 0.3) is 0 Å². The van der Waals surface area contributed by atoms with Crippen molar-refractivity contribution in [1.82, 2.24) is 3.94 Å². The number of hydrogen-bond donors (Lipinski definition) is 1. The third-order valence-electron chi connectivity index (χ3n) is 0.904. The van der Waals surface area contributed by atoms with Crippen molar-refractivity contribution < 1.29 is 13.0 Å². The van der Waals surface area contributed by atoms with E-state index in [4.69, 9.17) is 28.1 Å². The molecule has 1 N–H and O–H groups in total. The van der Waals surface area contributed by atoms with Crippen LogP contribution in [0.15, 0.2) is 0 Å². The summed E-state index contributed by atoms with van der Waals surface area (Å²) in [5, 5.41) is -0.970. The summed E-state index contributed by atoms with van der Waals surface area (Å²) in [4.78, 5) is 0. The minimum atomic E-state index is -4.01. The number of rotatable bonds is 3. The van der Waals surface area contributed by atoms with Crippen LogP contribution in [0.2, 0.25) is 0 Å². The van der Waals surface area contributed by atoms with Crippen molar-refractivity contribution in [2.24, 2.45) is 0 Å². The SMILES string of the molecule is CC(CN(Cl)Cl)S(=O)(=O)O. The second kappa shape index (κ2) is 3.73. The number of hydrogen-bond acceptors (Lipinski definition) is 3. The van der Waals surface area contributed by atoms with Crippen molar-refractivity contribution in [2.75, 3.05) is 6.54 Å². The van der Waals surface area contributed by atoms with Crippen LogP contribution >= 0.6 is 23.6 Å². The quantitative estimate of drug-likeness (QED) is 0.552. The molecule has 0 bridgehead atoms. The van der Waals surface area contributed by atoms with E-state index >= 15 is 0 Å². The molecule has 0 radical (unpaired) electrons. The van der Waals surface area contributed by atoms with Gasteiger partial charge in [0, 0.05) is 6.54 Å². The van der Waals surface area contributed by atoms with Gasteiger partial charge in [-0.2, -0.15) is 8.42 Å². The summed E-state index contributed by atoms with van der Waals surface area (Å²) in [6.07, 6.45) is 0. The largest absolute Gasteiger partial charge is 0.285 e. The van der Waals surface area contributed by atoms with E-state index in [1.54, 1.807) is 0 Å². The second-order valence-corrected chi connectivity index (χ2v) is 4.63. The molecular formula is C3H7Cl2NO3S. The summed E-state index contributed by atoms with van der Waals surface area (Å²) in [6.45, 7) is 1.18. The van der Waals surface area contributed by atoms with Crippen LogP contribution in [0.4, 0.5) is 0 Å². The lowest BCUT2D eigenvalue weighted by Crippen LogP contribution is -2.25. The van der Waals surface area contributed by atoms with Gasteiger partial charge < -0.3 is 0 Å². The van der Waals surface area contributed by atoms with E-state index in [0.29, 0.717) is 3.94 Å². The molecule has 0 amide bonds. The van der Waals surface area contributed by atoms with E-state index in [1.807, 2.05) is 0 Å². The predicted octanol–water partition coefficient (Wildman–Crippen LogP) is 0.872. The lowest BCUT2D eigenvalue weighted by atomic mass is 10.5. The average Bonchev–Trinajstić information content (AvgIpc) is 1.60. The Morgan fingerprint density at radius 1 is 1.60 bits per heavy atom. The van der Waals surface area contributed by atoms with Gasteiger partial charge >= 0.3 is 0 Å². The van der Waals surface area contributed by atoms with Crippen LogP contribution in [0.5, 0.6) is 0 Å². The molecule has 0 heterocycles. The van der Waals surface area contributed by atoms with Gasteiger partial charge in [0.25, 0.3) is 10.1 Å². The van der Waals surface area contributed by atoms with Gasteiger partial charge in [0.2, 0.25) is 0 Å². The standard InChI is InChI=1S/C3H7Cl2NO3S/c1-3(2-6(4)5)10(7,8)9/h3H,2H2,1H3,(H,7,8,9). The van der Waals surface area contributed by atoms with Gasteiger partial charge in [-0.3, -0.25) is 4.55 Å². The van der Waals surface area contributed by atoms with Crippen molar-refractivity contribution in [3.05, 3.63) is 0 Å². The van der Waals surface area contributed by atoms with E-state index in [1.165, 1.54) is 6.92 Å². The Bertz CT molecular complexity index is 190. The molecular weight excluding hydrogens is 201 g/mol. The van der Waals surface area contributed by atoms with Gasteiger partial charge in [0.1, 0.15) is 0 Å². The van der Waals surface area contributed by atoms with Crippen molar-refractivity contribution in [3.63, 3.8) is 0 Å². The molecule has 0 saturated carbocycles. The fourth-order valence-corrected chi connectivity index (χ4v) is 1.20. The Kier molecular flexibility index (Phi) is 3.90. The van der Waals surface area contributed by atoms with Gasteiger partial charge in [-0.25, -0.2) is 0 Å². The van der Waals surface area contributed by atoms with Gasteiger partial charge in [-0.1, -0.05) is 0 Å². The van der Waals surface area contributed by atoms with Crippen molar-refractivity contribution in [3.8, 4) is 0 Å². The van der Waals surface area contributed by atoms with Crippen LogP contribution in [0.3, 0.4) is 0 Å². The first-order chi connectivity index (χ1) is 4.34. The van der Waals surface area contributed by atoms with Crippen LogP contribution in [0, 0.1) is 0 Å². The topological polar surface area (TPSA) is 57.6 Å². The second-order valence-electron chi connectivity index (χ2n) is 1.81. The molecule has 62 valence electrons. The predicted molar refractivity (Wildman–Crippen MR) is 39.4 cm³/mol. The average molecular weight is 208 g/mol. The van der Waals surface area contributed by atoms with Gasteiger partial charge in [-0.05, 0) is 30.5 Å². The lowest BCUT2D eigenvalue weighted by molar-refractivity contribution is 0.463. The van der Waals surface area contributed by atoms with E-state index in [9.17, 15) is 8.42 Å². The normalized spacial score (nSPS) is 15.7. The van der Waals surface area contributed by atoms with Crippen LogP contribution in [0.1, 0.15) is 6.92 Å². The number of nitrogens with zero attached hydrogens (tertiary/aromatic N) is 1. The zero-order chi connectivity index (χ0) is 8.36. The highest BCUT2D eigenvalue weighted by Gasteiger charge is 2.18. The van der Waals surface area contributed by atoms with E-state index in [0.717, 1.165) is 0 Å². The van der Waals surface area contributed by atoms with Gasteiger partial charge in [0.05, 0.1) is 5.25 Å². The van der Waals surface area contributed by atoms with E-state index in [-0.39, 0.29) is 6.54 Å². The summed E-state index contributed by atoms with van der Waals surface area (Å²) < 4.78 is 29.6. The van der Waals surface area contributed by atoms with Gasteiger partial charge in [-0.15, -0.1) is 3.94 Å². The third-order valence-corrected chi connectivity index (χ3v) is 2.35. The zero-order valence-electron chi connectivity index (χ0n) is 5.16. The summed E-state index contributed by atoms with van der Waals surface area (Å²) in [7, 11) is -4.01. The summed E-state index contributed by atoms with van der Waals surface area (Å²) in [5.41, 5.74) is 0. The first kappa shape index (κ1) is 10.4. The molecule has 0 saturated heterocycles. The molecule has 0 rings (SSSR count). The Morgan fingerprint density at radius 2 is 2.00 bits per heavy atom. The van der Waals surface area contributed by atoms with E-state index < -0.39 is 15.4 Å². The van der Waals surface area contributed by atoms with Crippen LogP contribution in [-0.4, -0.2) is 28.7 Å². The zero-order valence-corrected chi connectivity index (χ0v) is 7.49. The van der Waals surface area contributed by atoms with Crippen molar-refractivity contribution >= 4 is 33.7 Å². The summed E-state index contributed by atoms with van der Waals surface area (Å²) in [5.74, 6) is 0. The van der Waals surface area contributed by atoms with Crippen LogP contribution in [-0.2, 0) is 10.1 Å². The van der Waals surface area contributed by atoms with Crippen LogP contribution < -0.4 is 0 Å². The monoisotopic (exact) mass is 207 g/mol. The molecule has 0 aliphatic rings. The third kappa shape index (κ3) is 4.29. The minimum Gasteiger partial charge on any atom is -0.285 e. The maximum Gasteiger partial charge on any atom is 0.268 e. The molecule has 10 heavy (non-hydrogen) atoms. The highest BCUT2D eigenvalue weighted by Crippen LogP contribution is 2.05. The first-order valence-electron chi connectivity index (χ1n) is 2.39. The molecule has 0 spiro atoms. The highest BCUT2D eigenvalue weighted by molar-refractivity contribution is 7.86. The lowest BCUT2D eigenvalue weighted by Gasteiger charge is -2.08. The summed E-state index contributed by atoms with van der Waals surface area (Å²) in [6, 6.07) is 0. The minimum absolute atomic E-state index is 0.123. The molecule has 1 unspecified atom stereocenters. The fraction of sp³-hybridized carbons (Fsp3) is 1.00. The molecule has 0 aromatic heterocycles. The molecule has 0 aromatic carbocycles. The molecule has 1 atom stereocenters. The Hall–Kier alpha value is 0.450. The van der Waals surface area contributed by atoms with Crippen molar-refractivity contribution in [2.45, 2.75) is 12.2 Å². The smallest absolute Gasteiger partial charge is 0.268 e. The molecule has 0 aliphatic heterocycles. The van der Waals surface area contributed by atoms with E-state index in [2.05, 4.69) is 0 Å². The molecule has 7 heteroatoms. The molecule has 0 aromatic rings. The molecule has 0 fully saturated rings. The van der Waals surface area contributed by atoms with Gasteiger partial charge in [0.15, 0.2) is 0 Å². The molecule has 0 aliphatic carbocycles. The Morgan fingerprint density at radius 3 is 2.10 bits per heavy atom. The summed E-state index contributed by atoms with van der Waals surface area (Å²) >= 11 is 10.2. The Balaban J connectivity index is 3.99. The first-order valence-corrected chi connectivity index (χ1v) is 4.57. The maximum absolute atomic E-state index is 10.3. The highest BCUT2D eigenvalue weighted by atomic mass is 35.5.